The summed E-state index contributed by atoms with van der Waals surface area (Å²) in [6.07, 6.45) is 3.74. The van der Waals surface area contributed by atoms with Crippen LogP contribution in [0.2, 0.25) is 0 Å². The van der Waals surface area contributed by atoms with Crippen LogP contribution in [-0.4, -0.2) is 26.9 Å². The van der Waals surface area contributed by atoms with Gasteiger partial charge in [-0.05, 0) is 18.2 Å². The molecule has 0 fully saturated rings. The Morgan fingerprint density at radius 1 is 1.40 bits per heavy atom. The molecule has 5 heteroatoms. The van der Waals surface area contributed by atoms with Gasteiger partial charge < -0.3 is 9.67 Å². The van der Waals surface area contributed by atoms with E-state index < -0.39 is 5.97 Å². The highest BCUT2D eigenvalue weighted by atomic mass is 32.2. The summed E-state index contributed by atoms with van der Waals surface area (Å²) >= 11 is 1.57. The normalized spacial score (nSPS) is 11.0. The zero-order valence-corrected chi connectivity index (χ0v) is 12.6. The minimum absolute atomic E-state index is 0.310. The van der Waals surface area contributed by atoms with Crippen LogP contribution >= 0.6 is 11.8 Å². The van der Waals surface area contributed by atoms with Crippen LogP contribution in [0.25, 0.3) is 11.3 Å². The molecule has 0 amide bonds. The van der Waals surface area contributed by atoms with Gasteiger partial charge >= 0.3 is 5.97 Å². The van der Waals surface area contributed by atoms with Crippen LogP contribution in [-0.2, 0) is 6.54 Å². The van der Waals surface area contributed by atoms with Gasteiger partial charge in [-0.15, -0.1) is 0 Å². The Labute approximate surface area is 122 Å². The molecule has 0 saturated carbocycles. The Bertz CT molecular complexity index is 620. The molecule has 1 heterocycles. The first-order valence-electron chi connectivity index (χ1n) is 6.46. The Morgan fingerprint density at radius 2 is 2.10 bits per heavy atom. The smallest absolute Gasteiger partial charge is 0.336 e. The van der Waals surface area contributed by atoms with Crippen molar-refractivity contribution in [1.82, 2.24) is 9.55 Å². The molecule has 106 valence electrons. The van der Waals surface area contributed by atoms with Gasteiger partial charge in [-0.25, -0.2) is 9.78 Å². The molecule has 0 unspecified atom stereocenters. The number of hydrogen-bond acceptors (Lipinski definition) is 3. The van der Waals surface area contributed by atoms with E-state index in [0.717, 1.165) is 17.4 Å². The second kappa shape index (κ2) is 6.13. The molecule has 0 aliphatic heterocycles. The van der Waals surface area contributed by atoms with Crippen molar-refractivity contribution in [2.45, 2.75) is 25.5 Å². The summed E-state index contributed by atoms with van der Waals surface area (Å²) in [7, 11) is 0. The first-order chi connectivity index (χ1) is 9.54. The van der Waals surface area contributed by atoms with Crippen LogP contribution in [0.3, 0.4) is 0 Å². The lowest BCUT2D eigenvalue weighted by atomic mass is 10.0. The lowest BCUT2D eigenvalue weighted by Gasteiger charge is -2.14. The molecule has 0 saturated heterocycles. The maximum atomic E-state index is 11.4. The third kappa shape index (κ3) is 2.88. The number of carboxylic acid groups (broad SMARTS) is 1. The number of carbonyl (C=O) groups is 1. The fourth-order valence-electron chi connectivity index (χ4n) is 2.17. The molecule has 2 rings (SSSR count). The summed E-state index contributed by atoms with van der Waals surface area (Å²) in [5, 5.41) is 10.2. The van der Waals surface area contributed by atoms with Gasteiger partial charge in [-0.1, -0.05) is 43.8 Å². The van der Waals surface area contributed by atoms with E-state index in [1.807, 2.05) is 18.4 Å². The van der Waals surface area contributed by atoms with E-state index in [0.29, 0.717) is 17.0 Å². The van der Waals surface area contributed by atoms with Gasteiger partial charge in [0.2, 0.25) is 0 Å². The maximum absolute atomic E-state index is 11.4. The highest BCUT2D eigenvalue weighted by molar-refractivity contribution is 7.98. The van der Waals surface area contributed by atoms with Gasteiger partial charge in [0.05, 0.1) is 17.5 Å². The fourth-order valence-corrected chi connectivity index (χ4v) is 2.72. The SMILES string of the molecule is CSc1ncc(-c2ccccc2C(=O)O)n1CC(C)C. The summed E-state index contributed by atoms with van der Waals surface area (Å²) in [5.74, 6) is -0.450. The Balaban J connectivity index is 2.58. The molecule has 1 aromatic heterocycles. The molecule has 0 bridgehead atoms. The quantitative estimate of drug-likeness (QED) is 0.854. The zero-order chi connectivity index (χ0) is 14.7. The van der Waals surface area contributed by atoms with Gasteiger partial charge in [0.25, 0.3) is 0 Å². The molecule has 2 aromatic rings. The van der Waals surface area contributed by atoms with Crippen LogP contribution in [0, 0.1) is 5.92 Å². The third-order valence-electron chi connectivity index (χ3n) is 2.98. The highest BCUT2D eigenvalue weighted by Crippen LogP contribution is 2.28. The van der Waals surface area contributed by atoms with Crippen LogP contribution in [0.15, 0.2) is 35.6 Å². The summed E-state index contributed by atoms with van der Waals surface area (Å²) in [4.78, 5) is 15.8. The summed E-state index contributed by atoms with van der Waals surface area (Å²) in [5.41, 5.74) is 1.89. The average molecular weight is 290 g/mol. The van der Waals surface area contributed by atoms with Crippen molar-refractivity contribution >= 4 is 17.7 Å². The largest absolute Gasteiger partial charge is 0.478 e. The number of imidazole rings is 1. The van der Waals surface area contributed by atoms with Gasteiger partial charge in [0, 0.05) is 12.1 Å². The number of carboxylic acids is 1. The van der Waals surface area contributed by atoms with Crippen molar-refractivity contribution in [3.8, 4) is 11.3 Å². The molecule has 20 heavy (non-hydrogen) atoms. The van der Waals surface area contributed by atoms with E-state index in [2.05, 4.69) is 23.4 Å². The number of rotatable bonds is 5. The molecular weight excluding hydrogens is 272 g/mol. The molecule has 0 aliphatic rings. The molecule has 1 N–H and O–H groups in total. The summed E-state index contributed by atoms with van der Waals surface area (Å²) in [6, 6.07) is 7.06. The fraction of sp³-hybridized carbons (Fsp3) is 0.333. The molecule has 0 aliphatic carbocycles. The Hall–Kier alpha value is -1.75. The molecular formula is C15H18N2O2S. The zero-order valence-electron chi connectivity index (χ0n) is 11.8. The van der Waals surface area contributed by atoms with Crippen LogP contribution in [0.4, 0.5) is 0 Å². The number of thioether (sulfide) groups is 1. The van der Waals surface area contributed by atoms with Crippen molar-refractivity contribution in [2.24, 2.45) is 5.92 Å². The summed E-state index contributed by atoms with van der Waals surface area (Å²) in [6.45, 7) is 5.09. The van der Waals surface area contributed by atoms with Gasteiger partial charge in [-0.3, -0.25) is 0 Å². The first-order valence-corrected chi connectivity index (χ1v) is 7.69. The van der Waals surface area contributed by atoms with E-state index in [4.69, 9.17) is 0 Å². The number of nitrogens with zero attached hydrogens (tertiary/aromatic N) is 2. The highest BCUT2D eigenvalue weighted by Gasteiger charge is 2.17. The Morgan fingerprint density at radius 3 is 2.70 bits per heavy atom. The van der Waals surface area contributed by atoms with E-state index in [1.54, 1.807) is 30.1 Å². The van der Waals surface area contributed by atoms with Crippen LogP contribution in [0.5, 0.6) is 0 Å². The lowest BCUT2D eigenvalue weighted by molar-refractivity contribution is 0.0697. The van der Waals surface area contributed by atoms with Crippen molar-refractivity contribution in [3.05, 3.63) is 36.0 Å². The standard InChI is InChI=1S/C15H18N2O2S/c1-10(2)9-17-13(8-16-15(17)20-3)11-6-4-5-7-12(11)14(18)19/h4-8,10H,9H2,1-3H3,(H,18,19). The first kappa shape index (κ1) is 14.7. The summed E-state index contributed by atoms with van der Waals surface area (Å²) < 4.78 is 2.09. The van der Waals surface area contributed by atoms with Crippen molar-refractivity contribution < 1.29 is 9.90 Å². The monoisotopic (exact) mass is 290 g/mol. The minimum atomic E-state index is -0.913. The molecule has 0 spiro atoms. The Kier molecular flexibility index (Phi) is 4.49. The number of hydrogen-bond donors (Lipinski definition) is 1. The molecule has 1 aromatic carbocycles. The molecule has 0 atom stereocenters. The predicted octanol–water partition coefficient (Wildman–Crippen LogP) is 3.63. The maximum Gasteiger partial charge on any atom is 0.336 e. The topological polar surface area (TPSA) is 55.1 Å². The van der Waals surface area contributed by atoms with E-state index in [9.17, 15) is 9.90 Å². The minimum Gasteiger partial charge on any atom is -0.478 e. The van der Waals surface area contributed by atoms with Crippen molar-refractivity contribution in [1.29, 1.82) is 0 Å². The van der Waals surface area contributed by atoms with E-state index in [1.165, 1.54) is 0 Å². The van der Waals surface area contributed by atoms with Crippen LogP contribution in [0.1, 0.15) is 24.2 Å². The van der Waals surface area contributed by atoms with Crippen LogP contribution < -0.4 is 0 Å². The van der Waals surface area contributed by atoms with Gasteiger partial charge in [0.1, 0.15) is 0 Å². The second-order valence-electron chi connectivity index (χ2n) is 4.99. The van der Waals surface area contributed by atoms with Crippen molar-refractivity contribution in [3.63, 3.8) is 0 Å². The van der Waals surface area contributed by atoms with Crippen molar-refractivity contribution in [2.75, 3.05) is 6.26 Å². The lowest BCUT2D eigenvalue weighted by Crippen LogP contribution is -2.09. The number of benzene rings is 1. The van der Waals surface area contributed by atoms with E-state index >= 15 is 0 Å². The number of aromatic carboxylic acids is 1. The van der Waals surface area contributed by atoms with E-state index in [-0.39, 0.29) is 0 Å². The molecule has 0 radical (unpaired) electrons. The third-order valence-corrected chi connectivity index (χ3v) is 3.67. The van der Waals surface area contributed by atoms with Gasteiger partial charge in [0.15, 0.2) is 5.16 Å². The molecule has 4 nitrogen and oxygen atoms in total. The number of aromatic nitrogens is 2. The van der Waals surface area contributed by atoms with Gasteiger partial charge in [-0.2, -0.15) is 0 Å². The average Bonchev–Trinajstić information content (AvgIpc) is 2.80. The predicted molar refractivity (Wildman–Crippen MR) is 81.2 cm³/mol. The second-order valence-corrected chi connectivity index (χ2v) is 5.76.